The number of benzene rings is 1. The van der Waals surface area contributed by atoms with Crippen LogP contribution in [0.4, 0.5) is 0 Å². The fourth-order valence-corrected chi connectivity index (χ4v) is 3.37. The van der Waals surface area contributed by atoms with Gasteiger partial charge in [0, 0.05) is 9.64 Å². The van der Waals surface area contributed by atoms with E-state index < -0.39 is 0 Å². The molecule has 1 aliphatic rings. The first kappa shape index (κ1) is 11.5. The SMILES string of the molecule is COC(=O)c1cc2c(cc1C)CC(C)(C)S2. The van der Waals surface area contributed by atoms with Crippen LogP contribution in [0.2, 0.25) is 0 Å². The van der Waals surface area contributed by atoms with Crippen molar-refractivity contribution in [3.05, 3.63) is 28.8 Å². The molecule has 0 bridgehead atoms. The monoisotopic (exact) mass is 236 g/mol. The second-order valence-corrected chi connectivity index (χ2v) is 6.55. The van der Waals surface area contributed by atoms with Gasteiger partial charge in [-0.25, -0.2) is 4.79 Å². The van der Waals surface area contributed by atoms with Crippen LogP contribution in [-0.2, 0) is 11.2 Å². The van der Waals surface area contributed by atoms with Crippen LogP contribution in [-0.4, -0.2) is 17.8 Å². The van der Waals surface area contributed by atoms with Crippen molar-refractivity contribution in [3.63, 3.8) is 0 Å². The van der Waals surface area contributed by atoms with Gasteiger partial charge in [0.2, 0.25) is 0 Å². The van der Waals surface area contributed by atoms with Crippen molar-refractivity contribution in [3.8, 4) is 0 Å². The Morgan fingerprint density at radius 2 is 2.12 bits per heavy atom. The number of ether oxygens (including phenoxy) is 1. The van der Waals surface area contributed by atoms with Crippen LogP contribution in [0.1, 0.15) is 35.3 Å². The molecule has 0 saturated carbocycles. The zero-order chi connectivity index (χ0) is 11.9. The van der Waals surface area contributed by atoms with Gasteiger partial charge in [0.1, 0.15) is 0 Å². The van der Waals surface area contributed by atoms with E-state index in [2.05, 4.69) is 19.9 Å². The second kappa shape index (κ2) is 3.81. The number of carbonyl (C=O) groups is 1. The van der Waals surface area contributed by atoms with Crippen LogP contribution in [0.3, 0.4) is 0 Å². The smallest absolute Gasteiger partial charge is 0.338 e. The average Bonchev–Trinajstić information content (AvgIpc) is 2.48. The van der Waals surface area contributed by atoms with E-state index in [0.717, 1.165) is 12.0 Å². The van der Waals surface area contributed by atoms with Crippen LogP contribution in [0, 0.1) is 6.92 Å². The van der Waals surface area contributed by atoms with Gasteiger partial charge in [0.15, 0.2) is 0 Å². The molecule has 0 atom stereocenters. The highest BCUT2D eigenvalue weighted by Crippen LogP contribution is 2.45. The summed E-state index contributed by atoms with van der Waals surface area (Å²) in [6, 6.07) is 4.08. The van der Waals surface area contributed by atoms with Gasteiger partial charge in [-0.05, 0) is 30.5 Å². The number of fused-ring (bicyclic) bond motifs is 1. The molecular weight excluding hydrogens is 220 g/mol. The normalized spacial score (nSPS) is 17.0. The van der Waals surface area contributed by atoms with Crippen molar-refractivity contribution in [2.75, 3.05) is 7.11 Å². The van der Waals surface area contributed by atoms with Gasteiger partial charge in [-0.2, -0.15) is 0 Å². The van der Waals surface area contributed by atoms with Crippen molar-refractivity contribution in [2.24, 2.45) is 0 Å². The van der Waals surface area contributed by atoms with Gasteiger partial charge in [0.05, 0.1) is 12.7 Å². The van der Waals surface area contributed by atoms with E-state index in [1.54, 1.807) is 0 Å². The van der Waals surface area contributed by atoms with Crippen LogP contribution < -0.4 is 0 Å². The Hall–Kier alpha value is -0.960. The number of rotatable bonds is 1. The van der Waals surface area contributed by atoms with Gasteiger partial charge < -0.3 is 4.74 Å². The lowest BCUT2D eigenvalue weighted by Gasteiger charge is -2.13. The predicted octanol–water partition coefficient (Wildman–Crippen LogP) is 3.21. The second-order valence-electron chi connectivity index (χ2n) is 4.80. The Bertz CT molecular complexity index is 449. The summed E-state index contributed by atoms with van der Waals surface area (Å²) in [4.78, 5) is 12.8. The van der Waals surface area contributed by atoms with E-state index in [0.29, 0.717) is 5.56 Å². The van der Waals surface area contributed by atoms with E-state index in [4.69, 9.17) is 4.74 Å². The van der Waals surface area contributed by atoms with Gasteiger partial charge in [-0.3, -0.25) is 0 Å². The lowest BCUT2D eigenvalue weighted by molar-refractivity contribution is 0.0599. The van der Waals surface area contributed by atoms with Crippen LogP contribution in [0.25, 0.3) is 0 Å². The summed E-state index contributed by atoms with van der Waals surface area (Å²) in [5.74, 6) is -0.245. The molecule has 1 heterocycles. The van der Waals surface area contributed by atoms with Crippen molar-refractivity contribution in [2.45, 2.75) is 36.8 Å². The fourth-order valence-electron chi connectivity index (χ4n) is 2.10. The highest BCUT2D eigenvalue weighted by Gasteiger charge is 2.30. The summed E-state index contributed by atoms with van der Waals surface area (Å²) in [7, 11) is 1.42. The van der Waals surface area contributed by atoms with Crippen molar-refractivity contribution in [1.29, 1.82) is 0 Å². The van der Waals surface area contributed by atoms with E-state index in [1.807, 2.05) is 24.8 Å². The topological polar surface area (TPSA) is 26.3 Å². The van der Waals surface area contributed by atoms with Crippen molar-refractivity contribution >= 4 is 17.7 Å². The number of thioether (sulfide) groups is 1. The van der Waals surface area contributed by atoms with Crippen LogP contribution in [0.15, 0.2) is 17.0 Å². The molecule has 0 aliphatic carbocycles. The molecule has 16 heavy (non-hydrogen) atoms. The number of hydrogen-bond donors (Lipinski definition) is 0. The molecule has 0 saturated heterocycles. The van der Waals surface area contributed by atoms with Crippen molar-refractivity contribution < 1.29 is 9.53 Å². The minimum Gasteiger partial charge on any atom is -0.465 e. The number of carbonyl (C=O) groups excluding carboxylic acids is 1. The molecule has 0 radical (unpaired) electrons. The summed E-state index contributed by atoms with van der Waals surface area (Å²) in [5, 5.41) is 0. The maximum atomic E-state index is 11.6. The molecule has 1 aromatic rings. The summed E-state index contributed by atoms with van der Waals surface area (Å²) in [6.45, 7) is 6.41. The Balaban J connectivity index is 2.45. The van der Waals surface area contributed by atoms with Crippen LogP contribution in [0.5, 0.6) is 0 Å². The molecule has 0 amide bonds. The first-order valence-electron chi connectivity index (χ1n) is 5.34. The quantitative estimate of drug-likeness (QED) is 0.700. The Morgan fingerprint density at radius 3 is 2.75 bits per heavy atom. The molecule has 1 aromatic carbocycles. The Labute approximate surface area is 100 Å². The number of esters is 1. The molecule has 0 N–H and O–H groups in total. The first-order valence-corrected chi connectivity index (χ1v) is 6.15. The largest absolute Gasteiger partial charge is 0.465 e. The zero-order valence-electron chi connectivity index (χ0n) is 10.1. The zero-order valence-corrected chi connectivity index (χ0v) is 10.9. The maximum Gasteiger partial charge on any atom is 0.338 e. The minimum absolute atomic E-state index is 0.240. The molecular formula is C13H16O2S. The molecule has 86 valence electrons. The maximum absolute atomic E-state index is 11.6. The summed E-state index contributed by atoms with van der Waals surface area (Å²) < 4.78 is 5.02. The Kier molecular flexibility index (Phi) is 2.74. The standard InChI is InChI=1S/C13H16O2S/c1-8-5-9-7-13(2,3)16-11(9)6-10(8)12(14)15-4/h5-6H,7H2,1-4H3. The molecule has 2 nitrogen and oxygen atoms in total. The summed E-state index contributed by atoms with van der Waals surface area (Å²) >= 11 is 1.84. The molecule has 0 fully saturated rings. The number of hydrogen-bond acceptors (Lipinski definition) is 3. The number of methoxy groups -OCH3 is 1. The van der Waals surface area contributed by atoms with E-state index in [-0.39, 0.29) is 10.7 Å². The first-order chi connectivity index (χ1) is 7.43. The molecule has 1 aliphatic heterocycles. The molecule has 0 spiro atoms. The van der Waals surface area contributed by atoms with E-state index in [9.17, 15) is 4.79 Å². The lowest BCUT2D eigenvalue weighted by atomic mass is 9.98. The Morgan fingerprint density at radius 1 is 1.44 bits per heavy atom. The van der Waals surface area contributed by atoms with Crippen LogP contribution >= 0.6 is 11.8 Å². The molecule has 0 unspecified atom stereocenters. The molecule has 3 heteroatoms. The molecule has 2 rings (SSSR count). The summed E-state index contributed by atoms with van der Waals surface area (Å²) in [5.41, 5.74) is 3.04. The van der Waals surface area contributed by atoms with Gasteiger partial charge in [0.25, 0.3) is 0 Å². The highest BCUT2D eigenvalue weighted by molar-refractivity contribution is 8.01. The van der Waals surface area contributed by atoms with Gasteiger partial charge in [-0.15, -0.1) is 11.8 Å². The van der Waals surface area contributed by atoms with E-state index >= 15 is 0 Å². The fraction of sp³-hybridized carbons (Fsp3) is 0.462. The predicted molar refractivity (Wildman–Crippen MR) is 66.2 cm³/mol. The van der Waals surface area contributed by atoms with E-state index in [1.165, 1.54) is 17.6 Å². The third-order valence-electron chi connectivity index (χ3n) is 2.82. The van der Waals surface area contributed by atoms with Gasteiger partial charge >= 0.3 is 5.97 Å². The third kappa shape index (κ3) is 1.96. The van der Waals surface area contributed by atoms with Gasteiger partial charge in [-0.1, -0.05) is 19.9 Å². The minimum atomic E-state index is -0.245. The molecule has 0 aromatic heterocycles. The average molecular weight is 236 g/mol. The summed E-state index contributed by atoms with van der Waals surface area (Å²) in [6.07, 6.45) is 1.06. The van der Waals surface area contributed by atoms with Crippen molar-refractivity contribution in [1.82, 2.24) is 0 Å². The third-order valence-corrected chi connectivity index (χ3v) is 4.11. The highest BCUT2D eigenvalue weighted by atomic mass is 32.2. The lowest BCUT2D eigenvalue weighted by Crippen LogP contribution is -2.11. The number of aryl methyl sites for hydroxylation is 1.